The second kappa shape index (κ2) is 41.8. The highest BCUT2D eigenvalue weighted by atomic mass is 28.4. The highest BCUT2D eigenvalue weighted by molar-refractivity contribution is 6.93. The lowest BCUT2D eigenvalue weighted by Gasteiger charge is -2.35. The molecule has 0 heterocycles. The van der Waals surface area contributed by atoms with E-state index in [1.807, 2.05) is 0 Å². The van der Waals surface area contributed by atoms with Crippen LogP contribution in [0.25, 0.3) is 0 Å². The SMILES string of the molecule is CCCCCC(C)(C)Oc1ccc([Si](O[Si](c2ccc(OC(C)(C)CCCCC)cc2OC(C)(C)CCCCC)c2ccc(OC(C)(C)CCCCC)cc2OC(C)(C)CCCCC)c2ccc(OC(C)(C)CCCCC)cc2OC(C)(C)CCCCC)c(OC(C)(C)CCCCC)c1. The zero-order valence-corrected chi connectivity index (χ0v) is 70.2. The highest BCUT2D eigenvalue weighted by Crippen LogP contribution is 2.37. The molecule has 2 radical (unpaired) electrons. The van der Waals surface area contributed by atoms with Crippen molar-refractivity contribution in [3.05, 3.63) is 72.8 Å². The minimum absolute atomic E-state index is 0.418. The maximum atomic E-state index is 8.76. The molecule has 0 N–H and O–H groups in total. The summed E-state index contributed by atoms with van der Waals surface area (Å²) in [6, 6.07) is 26.4. The maximum absolute atomic E-state index is 8.76. The van der Waals surface area contributed by atoms with Gasteiger partial charge < -0.3 is 42.0 Å². The van der Waals surface area contributed by atoms with Gasteiger partial charge in [-0.3, -0.25) is 0 Å². The largest absolute Gasteiger partial charge is 0.488 e. The Labute approximate surface area is 612 Å². The lowest BCUT2D eigenvalue weighted by molar-refractivity contribution is 0.0874. The summed E-state index contributed by atoms with van der Waals surface area (Å²) in [5.74, 6) is 6.12. The summed E-state index contributed by atoms with van der Waals surface area (Å²) in [7, 11) is -5.09. The van der Waals surface area contributed by atoms with Crippen LogP contribution in [-0.2, 0) is 4.12 Å². The normalized spacial score (nSPS) is 12.9. The fourth-order valence-corrected chi connectivity index (χ4v) is 18.7. The molecule has 0 saturated heterocycles. The first-order valence-electron chi connectivity index (χ1n) is 40.1. The van der Waals surface area contributed by atoms with E-state index >= 15 is 0 Å². The Kier molecular flexibility index (Phi) is 36.8. The predicted octanol–water partition coefficient (Wildman–Crippen LogP) is 24.5. The van der Waals surface area contributed by atoms with E-state index in [1.165, 1.54) is 0 Å². The summed E-state index contributed by atoms with van der Waals surface area (Å²) in [6.07, 6.45) is 34.0. The number of hydrogen-bond donors (Lipinski definition) is 0. The van der Waals surface area contributed by atoms with Crippen molar-refractivity contribution < 1.29 is 42.0 Å². The molecule has 0 aliphatic carbocycles. The van der Waals surface area contributed by atoms with Gasteiger partial charge in [-0.1, -0.05) is 182 Å². The van der Waals surface area contributed by atoms with Crippen LogP contribution in [0.4, 0.5) is 0 Å². The molecule has 9 nitrogen and oxygen atoms in total. The Hall–Kier alpha value is -4.33. The molecule has 0 aromatic heterocycles. The summed E-state index contributed by atoms with van der Waals surface area (Å²) >= 11 is 0. The summed E-state index contributed by atoms with van der Waals surface area (Å²) in [4.78, 5) is 0. The first-order chi connectivity index (χ1) is 46.6. The molecular formula is C88H148O9Si2. The van der Waals surface area contributed by atoms with E-state index in [-0.39, 0.29) is 0 Å². The third-order valence-corrected chi connectivity index (χ3v) is 24.4. The van der Waals surface area contributed by atoms with Crippen LogP contribution < -0.4 is 58.6 Å². The number of rotatable bonds is 54. The summed E-state index contributed by atoms with van der Waals surface area (Å²) in [6.45, 7) is 53.9. The van der Waals surface area contributed by atoms with E-state index in [2.05, 4.69) is 239 Å². The minimum Gasteiger partial charge on any atom is -0.488 e. The third-order valence-electron chi connectivity index (χ3n) is 19.2. The van der Waals surface area contributed by atoms with Crippen molar-refractivity contribution in [2.75, 3.05) is 0 Å². The van der Waals surface area contributed by atoms with Crippen molar-refractivity contribution in [3.63, 3.8) is 0 Å². The highest BCUT2D eigenvalue weighted by Gasteiger charge is 2.41. The van der Waals surface area contributed by atoms with Crippen LogP contribution in [0.1, 0.15) is 372 Å². The van der Waals surface area contributed by atoms with Gasteiger partial charge in [-0.05, 0) is 238 Å². The second-order valence-corrected chi connectivity index (χ2v) is 38.2. The molecule has 11 heteroatoms. The van der Waals surface area contributed by atoms with Crippen molar-refractivity contribution in [2.45, 2.75) is 416 Å². The van der Waals surface area contributed by atoms with Gasteiger partial charge in [-0.25, -0.2) is 0 Å². The van der Waals surface area contributed by atoms with E-state index in [9.17, 15) is 0 Å². The zero-order chi connectivity index (χ0) is 73.6. The van der Waals surface area contributed by atoms with Gasteiger partial charge in [0.2, 0.25) is 0 Å². The van der Waals surface area contributed by atoms with Crippen molar-refractivity contribution in [2.24, 2.45) is 0 Å². The standard InChI is InChI=1S/C88H148O9Si2/c1-25-33-41-57-81(9,10)89-69-49-53-77(73(65-69)93-85(17,18)61-45-37-29-5)98(78-54-50-70(90-82(11,12)58-42-34-26-2)66-74(78)94-86(19,20)62-46-38-30-6)97-99(79-55-51-71(91-83(13,14)59-43-35-27-3)67-75(79)95-87(21,22)63-47-39-31-7)80-56-52-72(92-84(15,16)60-44-36-28-4)68-76(80)96-88(23,24)64-48-40-32-8/h49-56,65-68H,25-48,57-64H2,1-24H3. The number of hydrogen-bond acceptors (Lipinski definition) is 9. The predicted molar refractivity (Wildman–Crippen MR) is 428 cm³/mol. The maximum Gasteiger partial charge on any atom is 0.280 e. The molecule has 0 aliphatic heterocycles. The van der Waals surface area contributed by atoms with Crippen LogP contribution in [0.2, 0.25) is 0 Å². The molecule has 0 atom stereocenters. The minimum atomic E-state index is -2.54. The fourth-order valence-electron chi connectivity index (χ4n) is 13.2. The van der Waals surface area contributed by atoms with Crippen LogP contribution in [0.5, 0.6) is 46.0 Å². The molecule has 0 spiro atoms. The summed E-state index contributed by atoms with van der Waals surface area (Å²) in [5, 5.41) is 3.88. The van der Waals surface area contributed by atoms with E-state index < -0.39 is 62.9 Å². The third kappa shape index (κ3) is 32.5. The lowest BCUT2D eigenvalue weighted by Crippen LogP contribution is -2.57. The second-order valence-electron chi connectivity index (χ2n) is 33.9. The zero-order valence-electron chi connectivity index (χ0n) is 68.2. The van der Waals surface area contributed by atoms with Crippen molar-refractivity contribution in [3.8, 4) is 46.0 Å². The first kappa shape index (κ1) is 87.1. The number of unbranched alkanes of at least 4 members (excludes halogenated alkanes) is 16. The number of benzene rings is 4. The van der Waals surface area contributed by atoms with E-state index in [4.69, 9.17) is 42.0 Å². The fraction of sp³-hybridized carbons (Fsp3) is 0.727. The van der Waals surface area contributed by atoms with Crippen LogP contribution >= 0.6 is 0 Å². The quantitative estimate of drug-likeness (QED) is 0.0317. The molecule has 4 rings (SSSR count). The van der Waals surface area contributed by atoms with Gasteiger partial charge in [0.15, 0.2) is 0 Å². The van der Waals surface area contributed by atoms with Gasteiger partial charge in [-0.15, -0.1) is 0 Å². The van der Waals surface area contributed by atoms with Crippen LogP contribution in [0, 0.1) is 0 Å². The van der Waals surface area contributed by atoms with E-state index in [0.717, 1.165) is 272 Å². The van der Waals surface area contributed by atoms with Gasteiger partial charge >= 0.3 is 0 Å². The van der Waals surface area contributed by atoms with Crippen molar-refractivity contribution >= 4 is 38.8 Å². The molecule has 0 saturated carbocycles. The summed E-state index contributed by atoms with van der Waals surface area (Å²) in [5.41, 5.74) is -3.85. The van der Waals surface area contributed by atoms with E-state index in [0.29, 0.717) is 0 Å². The molecule has 0 bridgehead atoms. The van der Waals surface area contributed by atoms with Crippen LogP contribution in [0.3, 0.4) is 0 Å². The average Bonchev–Trinajstić information content (AvgIpc) is 0.765. The van der Waals surface area contributed by atoms with E-state index in [1.54, 1.807) is 0 Å². The Morgan fingerprint density at radius 3 is 0.515 bits per heavy atom. The van der Waals surface area contributed by atoms with Crippen molar-refractivity contribution in [1.29, 1.82) is 0 Å². The van der Waals surface area contributed by atoms with Crippen LogP contribution in [-0.4, -0.2) is 62.9 Å². The molecule has 562 valence electrons. The number of ether oxygens (including phenoxy) is 8. The van der Waals surface area contributed by atoms with Gasteiger partial charge in [-0.2, -0.15) is 0 Å². The molecule has 0 unspecified atom stereocenters. The summed E-state index contributed by atoms with van der Waals surface area (Å²) < 4.78 is 68.0. The molecule has 0 amide bonds. The Morgan fingerprint density at radius 1 is 0.212 bits per heavy atom. The first-order valence-corrected chi connectivity index (χ1v) is 42.9. The van der Waals surface area contributed by atoms with Gasteiger partial charge in [0.1, 0.15) is 90.8 Å². The molecule has 0 fully saturated rings. The van der Waals surface area contributed by atoms with Crippen molar-refractivity contribution in [1.82, 2.24) is 0 Å². The molecule has 99 heavy (non-hydrogen) atoms. The Balaban J connectivity index is 2.40. The smallest absolute Gasteiger partial charge is 0.280 e. The van der Waals surface area contributed by atoms with Crippen LogP contribution in [0.15, 0.2) is 72.8 Å². The molecule has 0 aliphatic rings. The van der Waals surface area contributed by atoms with Gasteiger partial charge in [0, 0.05) is 45.0 Å². The van der Waals surface area contributed by atoms with Gasteiger partial charge in [0.05, 0.1) is 0 Å². The average molecular weight is 1410 g/mol. The Bertz CT molecular complexity index is 2520. The lowest BCUT2D eigenvalue weighted by atomic mass is 10.00. The molecular weight excluding hydrogens is 1260 g/mol. The topological polar surface area (TPSA) is 83.1 Å². The molecule has 4 aromatic carbocycles. The monoisotopic (exact) mass is 1410 g/mol. The van der Waals surface area contributed by atoms with Gasteiger partial charge in [0.25, 0.3) is 18.1 Å². The Morgan fingerprint density at radius 2 is 0.364 bits per heavy atom. The molecule has 4 aromatic rings.